The first-order valence-corrected chi connectivity index (χ1v) is 7.52. The van der Waals surface area contributed by atoms with Crippen molar-refractivity contribution >= 4 is 17.2 Å². The van der Waals surface area contributed by atoms with Crippen molar-refractivity contribution in [3.8, 4) is 5.75 Å². The molecular formula is C15H18N2O3S. The summed E-state index contributed by atoms with van der Waals surface area (Å²) in [7, 11) is 1.63. The van der Waals surface area contributed by atoms with Gasteiger partial charge < -0.3 is 10.1 Å². The number of aryl methyl sites for hydroxylation is 1. The molecule has 1 aromatic carbocycles. The molecule has 0 saturated heterocycles. The summed E-state index contributed by atoms with van der Waals surface area (Å²) in [5.74, 6) is 0.669. The van der Waals surface area contributed by atoms with E-state index in [0.717, 1.165) is 34.8 Å². The lowest BCUT2D eigenvalue weighted by atomic mass is 10.1. The predicted molar refractivity (Wildman–Crippen MR) is 83.0 cm³/mol. The largest absolute Gasteiger partial charge is 0.497 e. The Bertz CT molecular complexity index is 658. The highest BCUT2D eigenvalue weighted by atomic mass is 32.1. The van der Waals surface area contributed by atoms with Crippen molar-refractivity contribution in [3.05, 3.63) is 50.6 Å². The fourth-order valence-electron chi connectivity index (χ4n) is 1.93. The van der Waals surface area contributed by atoms with Crippen molar-refractivity contribution in [2.45, 2.75) is 19.9 Å². The van der Waals surface area contributed by atoms with Crippen LogP contribution in [0.25, 0.3) is 0 Å². The van der Waals surface area contributed by atoms with E-state index in [1.54, 1.807) is 12.5 Å². The number of ether oxygens (including phenoxy) is 1. The van der Waals surface area contributed by atoms with E-state index >= 15 is 0 Å². The molecule has 2 aromatic rings. The Balaban J connectivity index is 1.80. The number of nitrogens with zero attached hydrogens (tertiary/aromatic N) is 1. The van der Waals surface area contributed by atoms with Gasteiger partial charge in [-0.1, -0.05) is 23.5 Å². The van der Waals surface area contributed by atoms with Gasteiger partial charge in [0.15, 0.2) is 0 Å². The number of hydrogen-bond acceptors (Lipinski definition) is 4. The molecule has 0 radical (unpaired) electrons. The van der Waals surface area contributed by atoms with Crippen LogP contribution in [0.3, 0.4) is 0 Å². The zero-order chi connectivity index (χ0) is 15.2. The summed E-state index contributed by atoms with van der Waals surface area (Å²) in [4.78, 5) is 23.2. The number of rotatable bonds is 6. The molecule has 0 unspecified atom stereocenters. The van der Waals surface area contributed by atoms with Crippen LogP contribution in [-0.4, -0.2) is 24.1 Å². The van der Waals surface area contributed by atoms with Crippen molar-refractivity contribution in [2.24, 2.45) is 0 Å². The quantitative estimate of drug-likeness (QED) is 0.881. The van der Waals surface area contributed by atoms with Gasteiger partial charge in [-0.2, -0.15) is 0 Å². The molecule has 0 aliphatic carbocycles. The summed E-state index contributed by atoms with van der Waals surface area (Å²) in [6.45, 7) is 2.45. The highest BCUT2D eigenvalue weighted by molar-refractivity contribution is 7.07. The van der Waals surface area contributed by atoms with Crippen molar-refractivity contribution in [1.82, 2.24) is 9.88 Å². The van der Waals surface area contributed by atoms with Crippen molar-refractivity contribution < 1.29 is 9.53 Å². The molecule has 0 spiro atoms. The van der Waals surface area contributed by atoms with Gasteiger partial charge in [-0.05, 0) is 31.0 Å². The number of methoxy groups -OCH3 is 1. The predicted octanol–water partition coefficient (Wildman–Crippen LogP) is 1.59. The van der Waals surface area contributed by atoms with E-state index in [-0.39, 0.29) is 17.3 Å². The lowest BCUT2D eigenvalue weighted by molar-refractivity contribution is -0.121. The van der Waals surface area contributed by atoms with Gasteiger partial charge in [-0.3, -0.25) is 14.2 Å². The summed E-state index contributed by atoms with van der Waals surface area (Å²) in [5.41, 5.74) is 1.94. The highest BCUT2D eigenvalue weighted by Crippen LogP contribution is 2.11. The Hall–Kier alpha value is -2.08. The monoisotopic (exact) mass is 306 g/mol. The highest BCUT2D eigenvalue weighted by Gasteiger charge is 2.07. The van der Waals surface area contributed by atoms with E-state index in [2.05, 4.69) is 5.32 Å². The molecule has 0 aliphatic heterocycles. The van der Waals surface area contributed by atoms with E-state index in [1.807, 2.05) is 31.2 Å². The molecule has 21 heavy (non-hydrogen) atoms. The Labute approximate surface area is 127 Å². The number of carbonyl (C=O) groups excluding carboxylic acids is 1. The van der Waals surface area contributed by atoms with Crippen LogP contribution in [0.1, 0.15) is 11.3 Å². The standard InChI is InChI=1S/C15H18N2O3S/c1-11-10-21-15(19)17(11)9-14(18)16-8-7-12-3-5-13(20-2)6-4-12/h3-6,10H,7-9H2,1-2H3,(H,16,18). The number of nitrogens with one attached hydrogen (secondary N) is 1. The summed E-state index contributed by atoms with van der Waals surface area (Å²) in [6, 6.07) is 7.73. The Morgan fingerprint density at radius 2 is 2.05 bits per heavy atom. The molecule has 1 heterocycles. The van der Waals surface area contributed by atoms with Gasteiger partial charge in [0.2, 0.25) is 5.91 Å². The van der Waals surface area contributed by atoms with Gasteiger partial charge in [0.05, 0.1) is 7.11 Å². The molecule has 6 heteroatoms. The van der Waals surface area contributed by atoms with Gasteiger partial charge >= 0.3 is 4.87 Å². The average Bonchev–Trinajstić information content (AvgIpc) is 2.80. The van der Waals surface area contributed by atoms with Crippen molar-refractivity contribution in [3.63, 3.8) is 0 Å². The number of carbonyl (C=O) groups is 1. The van der Waals surface area contributed by atoms with Crippen LogP contribution in [0.2, 0.25) is 0 Å². The number of thiazole rings is 1. The second kappa shape index (κ2) is 7.08. The van der Waals surface area contributed by atoms with Crippen LogP contribution in [-0.2, 0) is 17.8 Å². The normalized spacial score (nSPS) is 10.4. The number of hydrogen-bond donors (Lipinski definition) is 1. The van der Waals surface area contributed by atoms with Crippen LogP contribution in [0.15, 0.2) is 34.4 Å². The first-order chi connectivity index (χ1) is 10.1. The molecule has 1 amide bonds. The molecule has 5 nitrogen and oxygen atoms in total. The summed E-state index contributed by atoms with van der Waals surface area (Å²) in [5, 5.41) is 4.58. The van der Waals surface area contributed by atoms with E-state index in [0.29, 0.717) is 6.54 Å². The second-order valence-corrected chi connectivity index (χ2v) is 5.50. The fraction of sp³-hybridized carbons (Fsp3) is 0.333. The van der Waals surface area contributed by atoms with Gasteiger partial charge in [0.1, 0.15) is 12.3 Å². The third-order valence-electron chi connectivity index (χ3n) is 3.17. The SMILES string of the molecule is COc1ccc(CCNC(=O)Cn2c(C)csc2=O)cc1. The molecule has 0 atom stereocenters. The van der Waals surface area contributed by atoms with Gasteiger partial charge in [0, 0.05) is 17.6 Å². The zero-order valence-electron chi connectivity index (χ0n) is 12.1. The average molecular weight is 306 g/mol. The summed E-state index contributed by atoms with van der Waals surface area (Å²) < 4.78 is 6.57. The van der Waals surface area contributed by atoms with E-state index in [1.165, 1.54) is 4.57 Å². The van der Waals surface area contributed by atoms with Crippen LogP contribution in [0, 0.1) is 6.92 Å². The lowest BCUT2D eigenvalue weighted by Crippen LogP contribution is -2.32. The maximum absolute atomic E-state index is 11.8. The van der Waals surface area contributed by atoms with Crippen LogP contribution in [0.4, 0.5) is 0 Å². The number of aromatic nitrogens is 1. The lowest BCUT2D eigenvalue weighted by Gasteiger charge is -2.07. The molecule has 0 bridgehead atoms. The zero-order valence-corrected chi connectivity index (χ0v) is 12.9. The Kier molecular flexibility index (Phi) is 5.16. The molecular weight excluding hydrogens is 288 g/mol. The fourth-order valence-corrected chi connectivity index (χ4v) is 2.67. The third kappa shape index (κ3) is 4.19. The maximum atomic E-state index is 11.8. The van der Waals surface area contributed by atoms with Crippen LogP contribution in [0.5, 0.6) is 5.75 Å². The molecule has 1 aromatic heterocycles. The van der Waals surface area contributed by atoms with E-state index in [9.17, 15) is 9.59 Å². The Morgan fingerprint density at radius 1 is 1.33 bits per heavy atom. The summed E-state index contributed by atoms with van der Waals surface area (Å²) >= 11 is 1.11. The molecule has 0 fully saturated rings. The van der Waals surface area contributed by atoms with Crippen molar-refractivity contribution in [1.29, 1.82) is 0 Å². The van der Waals surface area contributed by atoms with Crippen molar-refractivity contribution in [2.75, 3.05) is 13.7 Å². The minimum Gasteiger partial charge on any atom is -0.497 e. The molecule has 2 rings (SSSR count). The van der Waals surface area contributed by atoms with E-state index < -0.39 is 0 Å². The molecule has 112 valence electrons. The molecule has 0 aliphatic rings. The first-order valence-electron chi connectivity index (χ1n) is 6.64. The molecule has 1 N–H and O–H groups in total. The van der Waals surface area contributed by atoms with Gasteiger partial charge in [-0.25, -0.2) is 0 Å². The van der Waals surface area contributed by atoms with Crippen LogP contribution >= 0.6 is 11.3 Å². The van der Waals surface area contributed by atoms with Gasteiger partial charge in [-0.15, -0.1) is 0 Å². The minimum absolute atomic E-state index is 0.0801. The van der Waals surface area contributed by atoms with Gasteiger partial charge in [0.25, 0.3) is 0 Å². The summed E-state index contributed by atoms with van der Waals surface area (Å²) in [6.07, 6.45) is 0.743. The third-order valence-corrected chi connectivity index (χ3v) is 4.05. The van der Waals surface area contributed by atoms with E-state index in [4.69, 9.17) is 4.74 Å². The maximum Gasteiger partial charge on any atom is 0.307 e. The first kappa shape index (κ1) is 15.3. The smallest absolute Gasteiger partial charge is 0.307 e. The topological polar surface area (TPSA) is 60.3 Å². The Morgan fingerprint density at radius 3 is 2.62 bits per heavy atom. The number of amides is 1. The number of benzene rings is 1. The minimum atomic E-state index is -0.146. The molecule has 0 saturated carbocycles. The van der Waals surface area contributed by atoms with Crippen LogP contribution < -0.4 is 14.9 Å². The second-order valence-electron chi connectivity index (χ2n) is 4.68.